The second kappa shape index (κ2) is 11.1. The van der Waals surface area contributed by atoms with Crippen LogP contribution in [0.3, 0.4) is 0 Å². The van der Waals surface area contributed by atoms with E-state index in [0.29, 0.717) is 40.4 Å². The SMILES string of the molecule is CCc1coc(-c2nc3oc2[C@@]24c5cc(F)ccc5NC2Oc2ccc(cc24)C[C@H](CC(=O)[C@@H](O)C(C)C)C(=O)N[C@H]3C(C)C)n1. The molecule has 4 aromatic rings. The standard InChI is InChI=1S/C35H37FN4O6/c1-6-21-15-44-32(37-21)28-30-35-22-14-20(36)8-9-24(22)38-34(35)45-26-10-7-18(12-23(26)35)11-19(13-25(41)29(42)17(4)5)31(43)39-27(16(2)3)33(40-28)46-30/h7-10,12,14-17,19,27,29,34,38,42H,6,11,13H2,1-5H3,(H,39,43)/t19-,27+,29+,34?,35+/m1/s1. The summed E-state index contributed by atoms with van der Waals surface area (Å²) >= 11 is 0. The topological polar surface area (TPSA) is 140 Å². The van der Waals surface area contributed by atoms with Crippen LogP contribution in [0, 0.1) is 23.6 Å². The summed E-state index contributed by atoms with van der Waals surface area (Å²) in [5.41, 5.74) is 2.61. The van der Waals surface area contributed by atoms with Crippen molar-refractivity contribution in [3.8, 4) is 17.3 Å². The lowest BCUT2D eigenvalue weighted by atomic mass is 9.72. The first-order chi connectivity index (χ1) is 22.0. The highest BCUT2D eigenvalue weighted by Crippen LogP contribution is 2.59. The monoisotopic (exact) mass is 628 g/mol. The van der Waals surface area contributed by atoms with Crippen molar-refractivity contribution in [2.24, 2.45) is 17.8 Å². The second-order valence-corrected chi connectivity index (χ2v) is 13.2. The highest BCUT2D eigenvalue weighted by molar-refractivity contribution is 5.89. The first-order valence-electron chi connectivity index (χ1n) is 15.8. The molecule has 1 unspecified atom stereocenters. The Morgan fingerprint density at radius 2 is 1.91 bits per heavy atom. The number of carbonyl (C=O) groups excluding carboxylic acids is 2. The molecule has 3 N–H and O–H groups in total. The molecule has 5 heterocycles. The molecule has 3 aliphatic rings. The average Bonchev–Trinajstić information content (AvgIpc) is 3.79. The summed E-state index contributed by atoms with van der Waals surface area (Å²) in [5, 5.41) is 17.1. The zero-order valence-corrected chi connectivity index (χ0v) is 26.4. The maximum absolute atomic E-state index is 15.1. The largest absolute Gasteiger partial charge is 0.469 e. The van der Waals surface area contributed by atoms with E-state index in [1.807, 2.05) is 39.0 Å². The molecule has 0 aliphatic carbocycles. The summed E-state index contributed by atoms with van der Waals surface area (Å²) in [5.74, 6) is -1.05. The molecule has 4 bridgehead atoms. The number of oxazole rings is 2. The smallest absolute Gasteiger partial charge is 0.249 e. The molecule has 2 aromatic heterocycles. The Hall–Kier alpha value is -4.51. The van der Waals surface area contributed by atoms with E-state index in [0.717, 1.165) is 11.3 Å². The summed E-state index contributed by atoms with van der Waals surface area (Å²) in [6.07, 6.45) is 0.383. The number of aromatic nitrogens is 2. The molecule has 7 rings (SSSR count). The van der Waals surface area contributed by atoms with Gasteiger partial charge >= 0.3 is 0 Å². The van der Waals surface area contributed by atoms with Crippen LogP contribution < -0.4 is 15.4 Å². The van der Waals surface area contributed by atoms with Crippen molar-refractivity contribution in [3.05, 3.63) is 82.5 Å². The number of aliphatic hydroxyl groups excluding tert-OH is 1. The Balaban J connectivity index is 1.49. The summed E-state index contributed by atoms with van der Waals surface area (Å²) < 4.78 is 34.3. The molecule has 46 heavy (non-hydrogen) atoms. The van der Waals surface area contributed by atoms with Crippen LogP contribution >= 0.6 is 0 Å². The van der Waals surface area contributed by atoms with E-state index in [1.54, 1.807) is 26.2 Å². The molecular weight excluding hydrogens is 591 g/mol. The second-order valence-electron chi connectivity index (χ2n) is 13.2. The van der Waals surface area contributed by atoms with Crippen LogP contribution in [-0.2, 0) is 27.8 Å². The van der Waals surface area contributed by atoms with Crippen LogP contribution in [-0.4, -0.2) is 39.1 Å². The number of hydrogen-bond donors (Lipinski definition) is 3. The number of hydrogen-bond acceptors (Lipinski definition) is 9. The molecule has 240 valence electrons. The van der Waals surface area contributed by atoms with Crippen molar-refractivity contribution in [2.45, 2.75) is 77.7 Å². The van der Waals surface area contributed by atoms with Gasteiger partial charge in [0.1, 0.15) is 35.4 Å². The maximum atomic E-state index is 15.1. The molecule has 10 nitrogen and oxygen atoms in total. The van der Waals surface area contributed by atoms with E-state index in [1.165, 1.54) is 12.1 Å². The maximum Gasteiger partial charge on any atom is 0.249 e. The average molecular weight is 629 g/mol. The first-order valence-corrected chi connectivity index (χ1v) is 15.8. The van der Waals surface area contributed by atoms with Crippen LogP contribution in [0.1, 0.15) is 81.1 Å². The molecule has 2 aromatic carbocycles. The minimum absolute atomic E-state index is 0.148. The number of fused-ring (bicyclic) bond motifs is 4. The molecular formula is C35H37FN4O6. The number of halogens is 1. The van der Waals surface area contributed by atoms with Gasteiger partial charge in [-0.3, -0.25) is 9.59 Å². The Morgan fingerprint density at radius 3 is 2.63 bits per heavy atom. The number of anilines is 1. The fourth-order valence-electron chi connectivity index (χ4n) is 6.89. The molecule has 0 fully saturated rings. The molecule has 3 aliphatic heterocycles. The first kappa shape index (κ1) is 30.2. The van der Waals surface area contributed by atoms with Gasteiger partial charge in [0.25, 0.3) is 0 Å². The van der Waals surface area contributed by atoms with Crippen LogP contribution in [0.25, 0.3) is 11.6 Å². The fraction of sp³-hybridized carbons (Fsp3) is 0.429. The lowest BCUT2D eigenvalue weighted by molar-refractivity contribution is -0.135. The number of rotatable bonds is 7. The third kappa shape index (κ3) is 4.62. The minimum Gasteiger partial charge on any atom is -0.469 e. The summed E-state index contributed by atoms with van der Waals surface area (Å²) in [4.78, 5) is 36.7. The quantitative estimate of drug-likeness (QED) is 0.243. The van der Waals surface area contributed by atoms with Crippen LogP contribution in [0.2, 0.25) is 0 Å². The van der Waals surface area contributed by atoms with Crippen molar-refractivity contribution in [1.82, 2.24) is 15.3 Å². The molecule has 0 saturated carbocycles. The number of ketones is 1. The van der Waals surface area contributed by atoms with Crippen molar-refractivity contribution in [3.63, 3.8) is 0 Å². The van der Waals surface area contributed by atoms with Gasteiger partial charge in [-0.15, -0.1) is 0 Å². The summed E-state index contributed by atoms with van der Waals surface area (Å²) in [6.45, 7) is 9.37. The number of benzene rings is 2. The van der Waals surface area contributed by atoms with Gasteiger partial charge in [-0.1, -0.05) is 46.8 Å². The number of nitrogens with one attached hydrogen (secondary N) is 2. The van der Waals surface area contributed by atoms with E-state index < -0.39 is 41.3 Å². The van der Waals surface area contributed by atoms with E-state index in [4.69, 9.17) is 18.6 Å². The molecule has 5 atom stereocenters. The summed E-state index contributed by atoms with van der Waals surface area (Å²) in [6, 6.07) is 9.48. The van der Waals surface area contributed by atoms with E-state index in [9.17, 15) is 14.7 Å². The zero-order valence-electron chi connectivity index (χ0n) is 26.4. The molecule has 0 radical (unpaired) electrons. The number of ether oxygens (including phenoxy) is 1. The minimum atomic E-state index is -1.20. The normalized spacial score (nSPS) is 23.6. The predicted molar refractivity (Wildman–Crippen MR) is 166 cm³/mol. The highest BCUT2D eigenvalue weighted by Gasteiger charge is 2.61. The third-order valence-electron chi connectivity index (χ3n) is 9.41. The van der Waals surface area contributed by atoms with Gasteiger partial charge < -0.3 is 29.3 Å². The van der Waals surface area contributed by atoms with Crippen LogP contribution in [0.15, 0.2) is 51.5 Å². The van der Waals surface area contributed by atoms with Gasteiger partial charge in [0.15, 0.2) is 23.5 Å². The lowest BCUT2D eigenvalue weighted by Gasteiger charge is -2.28. The van der Waals surface area contributed by atoms with Gasteiger partial charge in [0, 0.05) is 29.2 Å². The molecule has 0 saturated heterocycles. The van der Waals surface area contributed by atoms with Crippen LogP contribution in [0.4, 0.5) is 10.1 Å². The van der Waals surface area contributed by atoms with Crippen molar-refractivity contribution >= 4 is 17.4 Å². The molecule has 11 heteroatoms. The number of amides is 1. The van der Waals surface area contributed by atoms with Gasteiger partial charge in [-0.2, -0.15) is 0 Å². The Morgan fingerprint density at radius 1 is 1.11 bits per heavy atom. The third-order valence-corrected chi connectivity index (χ3v) is 9.41. The van der Waals surface area contributed by atoms with Crippen molar-refractivity contribution < 1.29 is 32.7 Å². The number of nitrogens with zero attached hydrogens (tertiary/aromatic N) is 2. The Labute approximate surface area is 265 Å². The lowest BCUT2D eigenvalue weighted by Crippen LogP contribution is -2.41. The number of Topliss-reactive ketones (excluding diaryl/α,β-unsaturated/α-hetero) is 1. The van der Waals surface area contributed by atoms with Crippen molar-refractivity contribution in [1.29, 1.82) is 0 Å². The molecule has 1 spiro atoms. The number of carbonyl (C=O) groups is 2. The number of aryl methyl sites for hydroxylation is 1. The predicted octanol–water partition coefficient (Wildman–Crippen LogP) is 5.47. The van der Waals surface area contributed by atoms with Gasteiger partial charge in [0.05, 0.1) is 5.69 Å². The zero-order chi connectivity index (χ0) is 32.5. The Kier molecular flexibility index (Phi) is 7.26. The van der Waals surface area contributed by atoms with Crippen molar-refractivity contribution in [2.75, 3.05) is 5.32 Å². The molecule has 1 amide bonds. The van der Waals surface area contributed by atoms with E-state index in [-0.39, 0.29) is 42.4 Å². The van der Waals surface area contributed by atoms with Gasteiger partial charge in [-0.05, 0) is 54.5 Å². The number of aliphatic hydroxyl groups is 1. The fourth-order valence-corrected chi connectivity index (χ4v) is 6.89. The van der Waals surface area contributed by atoms with Crippen LogP contribution in [0.5, 0.6) is 5.75 Å². The highest BCUT2D eigenvalue weighted by atomic mass is 19.1. The van der Waals surface area contributed by atoms with E-state index >= 15 is 4.39 Å². The van der Waals surface area contributed by atoms with E-state index in [2.05, 4.69) is 15.6 Å². The summed E-state index contributed by atoms with van der Waals surface area (Å²) in [7, 11) is 0. The van der Waals surface area contributed by atoms with Gasteiger partial charge in [-0.25, -0.2) is 14.4 Å². The Bertz CT molecular complexity index is 1850. The van der Waals surface area contributed by atoms with Gasteiger partial charge in [0.2, 0.25) is 17.7 Å².